The molecule has 24 heavy (non-hydrogen) atoms. The Labute approximate surface area is 143 Å². The highest BCUT2D eigenvalue weighted by Gasteiger charge is 2.26. The zero-order chi connectivity index (χ0) is 17.3. The highest BCUT2D eigenvalue weighted by Crippen LogP contribution is 2.40. The van der Waals surface area contributed by atoms with Crippen molar-refractivity contribution in [1.82, 2.24) is 5.32 Å². The van der Waals surface area contributed by atoms with Gasteiger partial charge < -0.3 is 19.5 Å². The van der Waals surface area contributed by atoms with Crippen LogP contribution in [0.25, 0.3) is 0 Å². The summed E-state index contributed by atoms with van der Waals surface area (Å²) in [7, 11) is 5.11. The molecule has 1 heterocycles. The minimum absolute atomic E-state index is 0.150. The number of benzene rings is 2. The van der Waals surface area contributed by atoms with E-state index >= 15 is 0 Å². The molecule has 2 aromatic carbocycles. The maximum absolute atomic E-state index is 5.63. The molecule has 0 radical (unpaired) electrons. The molecule has 4 heteroatoms. The maximum Gasteiger partial charge on any atom is 0.164 e. The van der Waals surface area contributed by atoms with Crippen LogP contribution in [0.3, 0.4) is 0 Å². The number of fused-ring (bicyclic) bond motifs is 1. The third-order valence-corrected chi connectivity index (χ3v) is 4.74. The summed E-state index contributed by atoms with van der Waals surface area (Å²) in [5.74, 6) is 2.60. The van der Waals surface area contributed by atoms with E-state index in [1.807, 2.05) is 6.07 Å². The molecule has 0 saturated heterocycles. The molecule has 0 saturated carbocycles. The molecule has 2 aromatic rings. The van der Waals surface area contributed by atoms with Gasteiger partial charge in [0.1, 0.15) is 5.75 Å². The normalized spacial score (nSPS) is 16.5. The van der Waals surface area contributed by atoms with Gasteiger partial charge in [0.05, 0.1) is 27.4 Å². The Morgan fingerprint density at radius 1 is 0.917 bits per heavy atom. The molecule has 1 aliphatic heterocycles. The van der Waals surface area contributed by atoms with Crippen LogP contribution in [0, 0.1) is 13.8 Å². The molecule has 0 aromatic heterocycles. The van der Waals surface area contributed by atoms with Crippen LogP contribution in [0.2, 0.25) is 0 Å². The molecule has 1 unspecified atom stereocenters. The summed E-state index contributed by atoms with van der Waals surface area (Å²) in [6, 6.07) is 8.69. The Morgan fingerprint density at radius 3 is 2.17 bits per heavy atom. The molecule has 0 amide bonds. The molecule has 4 nitrogen and oxygen atoms in total. The van der Waals surface area contributed by atoms with E-state index in [9.17, 15) is 0 Å². The van der Waals surface area contributed by atoms with Crippen molar-refractivity contribution in [3.8, 4) is 17.2 Å². The zero-order valence-electron chi connectivity index (χ0n) is 15.0. The van der Waals surface area contributed by atoms with E-state index in [1.54, 1.807) is 21.3 Å². The van der Waals surface area contributed by atoms with Crippen molar-refractivity contribution in [3.05, 3.63) is 52.1 Å². The van der Waals surface area contributed by atoms with Crippen molar-refractivity contribution in [3.63, 3.8) is 0 Å². The van der Waals surface area contributed by atoms with Gasteiger partial charge in [0.15, 0.2) is 11.5 Å². The van der Waals surface area contributed by atoms with E-state index in [1.165, 1.54) is 16.7 Å². The lowest BCUT2D eigenvalue weighted by atomic mass is 9.87. The summed E-state index contributed by atoms with van der Waals surface area (Å²) in [6.07, 6.45) is 0.931. The molecular formula is C20H25NO3. The lowest BCUT2D eigenvalue weighted by molar-refractivity contribution is 0.348. The highest BCUT2D eigenvalue weighted by atomic mass is 16.5. The monoisotopic (exact) mass is 327 g/mol. The molecule has 0 aliphatic carbocycles. The van der Waals surface area contributed by atoms with Crippen LogP contribution < -0.4 is 19.5 Å². The third kappa shape index (κ3) is 2.71. The first-order valence-corrected chi connectivity index (χ1v) is 8.23. The Kier molecular flexibility index (Phi) is 4.67. The van der Waals surface area contributed by atoms with Gasteiger partial charge in [-0.15, -0.1) is 0 Å². The van der Waals surface area contributed by atoms with Crippen LogP contribution in [0.15, 0.2) is 24.3 Å². The first-order chi connectivity index (χ1) is 11.6. The number of hydrogen-bond donors (Lipinski definition) is 1. The molecule has 0 spiro atoms. The van der Waals surface area contributed by atoms with Crippen molar-refractivity contribution in [2.24, 2.45) is 0 Å². The van der Waals surface area contributed by atoms with Crippen LogP contribution in [0.5, 0.6) is 17.2 Å². The SMILES string of the molecule is COc1ccc2c(c1OC)CCNC2c1cc(C)c(OC)c(C)c1. The lowest BCUT2D eigenvalue weighted by Crippen LogP contribution is -2.31. The third-order valence-electron chi connectivity index (χ3n) is 4.74. The van der Waals surface area contributed by atoms with Crippen molar-refractivity contribution >= 4 is 0 Å². The average molecular weight is 327 g/mol. The van der Waals surface area contributed by atoms with Gasteiger partial charge >= 0.3 is 0 Å². The van der Waals surface area contributed by atoms with Crippen molar-refractivity contribution in [1.29, 1.82) is 0 Å². The molecule has 1 atom stereocenters. The summed E-state index contributed by atoms with van der Waals surface area (Å²) < 4.78 is 16.6. The number of methoxy groups -OCH3 is 3. The van der Waals surface area contributed by atoms with Crippen molar-refractivity contribution < 1.29 is 14.2 Å². The topological polar surface area (TPSA) is 39.7 Å². The Hall–Kier alpha value is -2.20. The standard InChI is InChI=1S/C20H25NO3/c1-12-10-14(11-13(2)19(12)23-4)18-15-6-7-17(22-3)20(24-5)16(15)8-9-21-18/h6-7,10-11,18,21H,8-9H2,1-5H3. The van der Waals surface area contributed by atoms with Gasteiger partial charge in [0, 0.05) is 12.1 Å². The van der Waals surface area contributed by atoms with Crippen molar-refractivity contribution in [2.45, 2.75) is 26.3 Å². The summed E-state index contributed by atoms with van der Waals surface area (Å²) in [5.41, 5.74) is 6.04. The molecule has 3 rings (SSSR count). The van der Waals surface area contributed by atoms with E-state index in [0.29, 0.717) is 0 Å². The summed E-state index contributed by atoms with van der Waals surface area (Å²) in [5, 5.41) is 3.64. The largest absolute Gasteiger partial charge is 0.496 e. The lowest BCUT2D eigenvalue weighted by Gasteiger charge is -2.30. The Bertz CT molecular complexity index is 732. The molecular weight excluding hydrogens is 302 g/mol. The van der Waals surface area contributed by atoms with E-state index in [-0.39, 0.29) is 6.04 Å². The van der Waals surface area contributed by atoms with Gasteiger partial charge in [-0.3, -0.25) is 0 Å². The number of aryl methyl sites for hydroxylation is 2. The van der Waals surface area contributed by atoms with E-state index in [0.717, 1.165) is 41.3 Å². The minimum Gasteiger partial charge on any atom is -0.496 e. The fourth-order valence-corrected chi connectivity index (χ4v) is 3.76. The van der Waals surface area contributed by atoms with Gasteiger partial charge in [-0.2, -0.15) is 0 Å². The second-order valence-electron chi connectivity index (χ2n) is 6.19. The molecule has 0 fully saturated rings. The van der Waals surface area contributed by atoms with Crippen molar-refractivity contribution in [2.75, 3.05) is 27.9 Å². The number of hydrogen-bond acceptors (Lipinski definition) is 4. The van der Waals surface area contributed by atoms with Gasteiger partial charge in [-0.25, -0.2) is 0 Å². The summed E-state index contributed by atoms with van der Waals surface area (Å²) >= 11 is 0. The number of ether oxygens (including phenoxy) is 3. The second-order valence-corrected chi connectivity index (χ2v) is 6.19. The fourth-order valence-electron chi connectivity index (χ4n) is 3.76. The molecule has 128 valence electrons. The van der Waals surface area contributed by atoms with Gasteiger partial charge in [0.2, 0.25) is 0 Å². The Balaban J connectivity index is 2.11. The van der Waals surface area contributed by atoms with Gasteiger partial charge in [0.25, 0.3) is 0 Å². The molecule has 1 aliphatic rings. The minimum atomic E-state index is 0.150. The predicted octanol–water partition coefficient (Wildman–Crippen LogP) is 3.56. The van der Waals surface area contributed by atoms with Gasteiger partial charge in [-0.05, 0) is 48.6 Å². The van der Waals surface area contributed by atoms with Crippen LogP contribution in [-0.2, 0) is 6.42 Å². The van der Waals surface area contributed by atoms with Crippen LogP contribution >= 0.6 is 0 Å². The smallest absolute Gasteiger partial charge is 0.164 e. The van der Waals surface area contributed by atoms with E-state index < -0.39 is 0 Å². The predicted molar refractivity (Wildman–Crippen MR) is 95.6 cm³/mol. The fraction of sp³-hybridized carbons (Fsp3) is 0.400. The molecule has 0 bridgehead atoms. The van der Waals surface area contributed by atoms with Crippen LogP contribution in [0.4, 0.5) is 0 Å². The first-order valence-electron chi connectivity index (χ1n) is 8.23. The van der Waals surface area contributed by atoms with Crippen LogP contribution in [-0.4, -0.2) is 27.9 Å². The average Bonchev–Trinajstić information content (AvgIpc) is 2.59. The van der Waals surface area contributed by atoms with E-state index in [2.05, 4.69) is 37.4 Å². The summed E-state index contributed by atoms with van der Waals surface area (Å²) in [4.78, 5) is 0. The maximum atomic E-state index is 5.63. The second kappa shape index (κ2) is 6.73. The summed E-state index contributed by atoms with van der Waals surface area (Å²) in [6.45, 7) is 5.09. The van der Waals surface area contributed by atoms with Gasteiger partial charge in [-0.1, -0.05) is 18.2 Å². The number of rotatable bonds is 4. The first kappa shape index (κ1) is 16.7. The van der Waals surface area contributed by atoms with Crippen LogP contribution in [0.1, 0.15) is 33.9 Å². The highest BCUT2D eigenvalue weighted by molar-refractivity contribution is 5.55. The number of nitrogens with one attached hydrogen (secondary N) is 1. The zero-order valence-corrected chi connectivity index (χ0v) is 15.0. The van der Waals surface area contributed by atoms with E-state index in [4.69, 9.17) is 14.2 Å². The molecule has 1 N–H and O–H groups in total. The quantitative estimate of drug-likeness (QED) is 0.932. The Morgan fingerprint density at radius 2 is 1.58 bits per heavy atom.